The zero-order valence-corrected chi connectivity index (χ0v) is 11.1. The van der Waals surface area contributed by atoms with Crippen molar-refractivity contribution in [2.24, 2.45) is 5.92 Å². The maximum atomic E-state index is 13.5. The molecule has 1 aromatic carbocycles. The number of thiol groups is 1. The smallest absolute Gasteiger partial charge is 0.341 e. The van der Waals surface area contributed by atoms with E-state index in [1.54, 1.807) is 0 Å². The minimum Gasteiger partial charge on any atom is -0.462 e. The Labute approximate surface area is 112 Å². The van der Waals surface area contributed by atoms with Gasteiger partial charge in [-0.1, -0.05) is 19.3 Å². The first kappa shape index (κ1) is 13.4. The molecule has 0 unspecified atom stereocenters. The van der Waals surface area contributed by atoms with Gasteiger partial charge in [-0.2, -0.15) is 0 Å². The van der Waals surface area contributed by atoms with Gasteiger partial charge < -0.3 is 4.74 Å². The molecule has 0 spiro atoms. The second-order valence-corrected chi connectivity index (χ2v) is 5.28. The fourth-order valence-electron chi connectivity index (χ4n) is 2.29. The third kappa shape index (κ3) is 3.48. The van der Waals surface area contributed by atoms with Crippen LogP contribution in [0.25, 0.3) is 0 Å². The number of carbonyl (C=O) groups is 1. The van der Waals surface area contributed by atoms with Crippen molar-refractivity contribution < 1.29 is 13.9 Å². The van der Waals surface area contributed by atoms with Gasteiger partial charge in [-0.25, -0.2) is 9.18 Å². The molecule has 1 aliphatic rings. The molecule has 1 aromatic rings. The topological polar surface area (TPSA) is 26.3 Å². The Morgan fingerprint density at radius 3 is 2.78 bits per heavy atom. The largest absolute Gasteiger partial charge is 0.462 e. The predicted molar refractivity (Wildman–Crippen MR) is 70.5 cm³/mol. The fraction of sp³-hybridized carbons (Fsp3) is 0.500. The quantitative estimate of drug-likeness (QED) is 0.665. The average molecular weight is 268 g/mol. The van der Waals surface area contributed by atoms with Gasteiger partial charge in [-0.3, -0.25) is 0 Å². The summed E-state index contributed by atoms with van der Waals surface area (Å²) in [4.78, 5) is 12.3. The standard InChI is InChI=1S/C14H17FO2S/c15-13-7-6-11(18)8-12(13)14(16)17-9-10-4-2-1-3-5-10/h6-8,10,18H,1-5,9H2. The van der Waals surface area contributed by atoms with Crippen molar-refractivity contribution in [1.82, 2.24) is 0 Å². The summed E-state index contributed by atoms with van der Waals surface area (Å²) in [5.74, 6) is -0.708. The summed E-state index contributed by atoms with van der Waals surface area (Å²) >= 11 is 4.09. The van der Waals surface area contributed by atoms with E-state index in [1.807, 2.05) is 0 Å². The minimum atomic E-state index is -0.589. The van der Waals surface area contributed by atoms with Crippen LogP contribution in [0.4, 0.5) is 4.39 Å². The number of hydrogen-bond donors (Lipinski definition) is 1. The molecule has 2 nitrogen and oxygen atoms in total. The van der Waals surface area contributed by atoms with Crippen LogP contribution in [0.5, 0.6) is 0 Å². The molecule has 2 rings (SSSR count). The van der Waals surface area contributed by atoms with Crippen LogP contribution in [0, 0.1) is 11.7 Å². The normalized spacial score (nSPS) is 16.6. The molecule has 1 fully saturated rings. The highest BCUT2D eigenvalue weighted by atomic mass is 32.1. The van der Waals surface area contributed by atoms with E-state index in [0.717, 1.165) is 12.8 Å². The number of ether oxygens (including phenoxy) is 1. The zero-order valence-electron chi connectivity index (χ0n) is 10.2. The first-order valence-electron chi connectivity index (χ1n) is 6.32. The summed E-state index contributed by atoms with van der Waals surface area (Å²) in [6, 6.07) is 4.15. The molecule has 0 aliphatic heterocycles. The van der Waals surface area contributed by atoms with Crippen LogP contribution in [-0.2, 0) is 4.74 Å². The molecule has 98 valence electrons. The average Bonchev–Trinajstić information content (AvgIpc) is 2.40. The second-order valence-electron chi connectivity index (χ2n) is 4.77. The molecule has 1 aliphatic carbocycles. The molecule has 0 N–H and O–H groups in total. The number of carbonyl (C=O) groups excluding carboxylic acids is 1. The van der Waals surface area contributed by atoms with Crippen LogP contribution in [-0.4, -0.2) is 12.6 Å². The molecule has 0 saturated heterocycles. The van der Waals surface area contributed by atoms with E-state index in [0.29, 0.717) is 17.4 Å². The van der Waals surface area contributed by atoms with E-state index in [-0.39, 0.29) is 5.56 Å². The first-order valence-corrected chi connectivity index (χ1v) is 6.77. The van der Waals surface area contributed by atoms with Gasteiger partial charge in [-0.05, 0) is 37.0 Å². The Morgan fingerprint density at radius 2 is 2.06 bits per heavy atom. The molecule has 4 heteroatoms. The number of hydrogen-bond acceptors (Lipinski definition) is 3. The summed E-state index contributed by atoms with van der Waals surface area (Å²) in [7, 11) is 0. The number of esters is 1. The van der Waals surface area contributed by atoms with Crippen LogP contribution < -0.4 is 0 Å². The lowest BCUT2D eigenvalue weighted by molar-refractivity contribution is 0.0405. The number of rotatable bonds is 3. The third-order valence-electron chi connectivity index (χ3n) is 3.34. The van der Waals surface area contributed by atoms with Crippen molar-refractivity contribution in [2.75, 3.05) is 6.61 Å². The SMILES string of the molecule is O=C(OCC1CCCCC1)c1cc(S)ccc1F. The van der Waals surface area contributed by atoms with Crippen molar-refractivity contribution in [1.29, 1.82) is 0 Å². The van der Waals surface area contributed by atoms with Crippen molar-refractivity contribution in [3.63, 3.8) is 0 Å². The molecule has 0 bridgehead atoms. The Bertz CT molecular complexity index is 428. The van der Waals surface area contributed by atoms with E-state index < -0.39 is 11.8 Å². The van der Waals surface area contributed by atoms with Gasteiger partial charge >= 0.3 is 5.97 Å². The van der Waals surface area contributed by atoms with E-state index in [9.17, 15) is 9.18 Å². The predicted octanol–water partition coefficient (Wildman–Crippen LogP) is 3.85. The van der Waals surface area contributed by atoms with Crippen LogP contribution in [0.2, 0.25) is 0 Å². The highest BCUT2D eigenvalue weighted by Gasteiger charge is 2.18. The Kier molecular flexibility index (Phi) is 4.64. The van der Waals surface area contributed by atoms with E-state index in [2.05, 4.69) is 12.6 Å². The molecule has 0 heterocycles. The summed E-state index contributed by atoms with van der Waals surface area (Å²) in [6.07, 6.45) is 5.86. The fourth-order valence-corrected chi connectivity index (χ4v) is 2.50. The van der Waals surface area contributed by atoms with E-state index in [4.69, 9.17) is 4.74 Å². The van der Waals surface area contributed by atoms with Gasteiger partial charge in [0.1, 0.15) is 5.82 Å². The molecular formula is C14H17FO2S. The summed E-state index contributed by atoms with van der Waals surface area (Å²) in [5.41, 5.74) is -0.0293. The lowest BCUT2D eigenvalue weighted by atomic mass is 9.90. The van der Waals surface area contributed by atoms with Crippen LogP contribution in [0.15, 0.2) is 23.1 Å². The minimum absolute atomic E-state index is 0.0293. The van der Waals surface area contributed by atoms with Crippen molar-refractivity contribution in [3.8, 4) is 0 Å². The molecular weight excluding hydrogens is 251 g/mol. The van der Waals surface area contributed by atoms with Crippen LogP contribution in [0.3, 0.4) is 0 Å². The first-order chi connectivity index (χ1) is 8.66. The van der Waals surface area contributed by atoms with Crippen molar-refractivity contribution >= 4 is 18.6 Å². The van der Waals surface area contributed by atoms with Gasteiger partial charge in [0.2, 0.25) is 0 Å². The molecule has 0 amide bonds. The van der Waals surface area contributed by atoms with Gasteiger partial charge in [0.25, 0.3) is 0 Å². The monoisotopic (exact) mass is 268 g/mol. The van der Waals surface area contributed by atoms with Gasteiger partial charge in [-0.15, -0.1) is 12.6 Å². The molecule has 0 radical (unpaired) electrons. The lowest BCUT2D eigenvalue weighted by Gasteiger charge is -2.21. The van der Waals surface area contributed by atoms with E-state index in [1.165, 1.54) is 37.5 Å². The maximum absolute atomic E-state index is 13.5. The third-order valence-corrected chi connectivity index (χ3v) is 3.62. The Balaban J connectivity index is 1.92. The van der Waals surface area contributed by atoms with Gasteiger partial charge in [0, 0.05) is 4.90 Å². The summed E-state index contributed by atoms with van der Waals surface area (Å²) < 4.78 is 18.6. The second kappa shape index (κ2) is 6.23. The molecule has 1 saturated carbocycles. The lowest BCUT2D eigenvalue weighted by Crippen LogP contribution is -2.17. The van der Waals surface area contributed by atoms with Gasteiger partial charge in [0.15, 0.2) is 0 Å². The van der Waals surface area contributed by atoms with Gasteiger partial charge in [0.05, 0.1) is 12.2 Å². The zero-order chi connectivity index (χ0) is 13.0. The van der Waals surface area contributed by atoms with Crippen LogP contribution >= 0.6 is 12.6 Å². The van der Waals surface area contributed by atoms with E-state index >= 15 is 0 Å². The van der Waals surface area contributed by atoms with Crippen LogP contribution in [0.1, 0.15) is 42.5 Å². The molecule has 0 aromatic heterocycles. The highest BCUT2D eigenvalue weighted by molar-refractivity contribution is 7.80. The maximum Gasteiger partial charge on any atom is 0.341 e. The summed E-state index contributed by atoms with van der Waals surface area (Å²) in [5, 5.41) is 0. The number of halogens is 1. The van der Waals surface area contributed by atoms with Crippen molar-refractivity contribution in [2.45, 2.75) is 37.0 Å². The van der Waals surface area contributed by atoms with Crippen molar-refractivity contribution in [3.05, 3.63) is 29.6 Å². The highest BCUT2D eigenvalue weighted by Crippen LogP contribution is 2.24. The molecule has 0 atom stereocenters. The number of benzene rings is 1. The molecule has 18 heavy (non-hydrogen) atoms. The Hall–Kier alpha value is -1.03. The Morgan fingerprint density at radius 1 is 1.33 bits per heavy atom. The summed E-state index contributed by atoms with van der Waals surface area (Å²) in [6.45, 7) is 0.398.